The van der Waals surface area contributed by atoms with Crippen molar-refractivity contribution in [2.75, 3.05) is 0 Å². The third kappa shape index (κ3) is 5.08. The van der Waals surface area contributed by atoms with Gasteiger partial charge in [-0.3, -0.25) is 4.98 Å². The number of hydrogen-bond donors (Lipinski definition) is 3. The summed E-state index contributed by atoms with van der Waals surface area (Å²) in [6, 6.07) is 30.5. The van der Waals surface area contributed by atoms with E-state index in [0.717, 1.165) is 28.8 Å². The van der Waals surface area contributed by atoms with Gasteiger partial charge in [-0.25, -0.2) is 0 Å². The zero-order valence-corrected chi connectivity index (χ0v) is 24.5. The van der Waals surface area contributed by atoms with Gasteiger partial charge in [-0.1, -0.05) is 91.0 Å². The van der Waals surface area contributed by atoms with E-state index in [-0.39, 0.29) is 5.37 Å². The maximum atomic E-state index is 6.17. The van der Waals surface area contributed by atoms with E-state index in [0.29, 0.717) is 5.37 Å². The lowest BCUT2D eigenvalue weighted by molar-refractivity contribution is 0.806. The Morgan fingerprint density at radius 1 is 0.738 bits per heavy atom. The number of fused-ring (bicyclic) bond motifs is 2. The minimum absolute atomic E-state index is 0.181. The molecule has 4 aromatic carbocycles. The Balaban J connectivity index is 1.27. The fourth-order valence-corrected chi connectivity index (χ4v) is 7.20. The van der Waals surface area contributed by atoms with Gasteiger partial charge in [0.2, 0.25) is 0 Å². The van der Waals surface area contributed by atoms with E-state index in [9.17, 15) is 0 Å². The fraction of sp³-hybridized carbons (Fsp3) is 0.0833. The quantitative estimate of drug-likeness (QED) is 0.167. The van der Waals surface area contributed by atoms with Gasteiger partial charge in [0.25, 0.3) is 0 Å². The second-order valence-electron chi connectivity index (χ2n) is 10.2. The number of benzene rings is 4. The van der Waals surface area contributed by atoms with Crippen LogP contribution in [0.3, 0.4) is 0 Å². The Labute approximate surface area is 254 Å². The summed E-state index contributed by atoms with van der Waals surface area (Å²) < 4.78 is 0. The van der Waals surface area contributed by atoms with Gasteiger partial charge < -0.3 is 16.4 Å². The molecule has 3 heterocycles. The summed E-state index contributed by atoms with van der Waals surface area (Å²) in [6.45, 7) is 0. The molecule has 1 aromatic heterocycles. The lowest BCUT2D eigenvalue weighted by Crippen LogP contribution is -2.14. The van der Waals surface area contributed by atoms with Crippen LogP contribution in [0.4, 0.5) is 0 Å². The SMILES string of the molecule is N/C=C(\C=C/CC1NC=CS1)c1ccc(-c2ccc(-c3ccc(C4NC=CS4)nc3)c3ccccc23)c2ccccc12. The van der Waals surface area contributed by atoms with Gasteiger partial charge in [0.1, 0.15) is 5.37 Å². The second-order valence-corrected chi connectivity index (χ2v) is 12.4. The number of pyridine rings is 1. The van der Waals surface area contributed by atoms with E-state index in [2.05, 4.69) is 119 Å². The lowest BCUT2D eigenvalue weighted by atomic mass is 9.88. The van der Waals surface area contributed by atoms with Crippen molar-refractivity contribution in [3.63, 3.8) is 0 Å². The van der Waals surface area contributed by atoms with Crippen molar-refractivity contribution in [3.05, 3.63) is 144 Å². The maximum absolute atomic E-state index is 6.17. The summed E-state index contributed by atoms with van der Waals surface area (Å²) >= 11 is 3.54. The largest absolute Gasteiger partial charge is 0.404 e. The molecule has 6 heteroatoms. The van der Waals surface area contributed by atoms with E-state index in [1.165, 1.54) is 38.2 Å². The van der Waals surface area contributed by atoms with Gasteiger partial charge in [-0.2, -0.15) is 0 Å². The van der Waals surface area contributed by atoms with Crippen molar-refractivity contribution in [2.24, 2.45) is 5.73 Å². The van der Waals surface area contributed by atoms with Crippen molar-refractivity contribution in [2.45, 2.75) is 17.2 Å². The number of rotatable bonds is 7. The van der Waals surface area contributed by atoms with Crippen LogP contribution >= 0.6 is 23.5 Å². The van der Waals surface area contributed by atoms with Crippen LogP contribution in [-0.2, 0) is 0 Å². The van der Waals surface area contributed by atoms with Crippen molar-refractivity contribution in [3.8, 4) is 22.3 Å². The summed E-state index contributed by atoms with van der Waals surface area (Å²) in [5, 5.41) is 16.3. The molecule has 2 aliphatic rings. The molecule has 0 bridgehead atoms. The molecule has 0 spiro atoms. The van der Waals surface area contributed by atoms with Crippen LogP contribution in [0.2, 0.25) is 0 Å². The first kappa shape index (κ1) is 26.5. The predicted octanol–water partition coefficient (Wildman–Crippen LogP) is 8.91. The number of hydrogen-bond acceptors (Lipinski definition) is 6. The Morgan fingerprint density at radius 2 is 1.40 bits per heavy atom. The van der Waals surface area contributed by atoms with E-state index in [4.69, 9.17) is 10.7 Å². The number of nitrogens with two attached hydrogens (primary N) is 1. The average molecular weight is 583 g/mol. The third-order valence-electron chi connectivity index (χ3n) is 7.77. The maximum Gasteiger partial charge on any atom is 0.119 e. The van der Waals surface area contributed by atoms with Gasteiger partial charge in [-0.15, -0.1) is 23.5 Å². The van der Waals surface area contributed by atoms with Crippen LogP contribution in [-0.4, -0.2) is 10.4 Å². The molecule has 4 nitrogen and oxygen atoms in total. The summed E-state index contributed by atoms with van der Waals surface area (Å²) in [4.78, 5) is 4.79. The average Bonchev–Trinajstić information content (AvgIpc) is 3.78. The highest BCUT2D eigenvalue weighted by molar-refractivity contribution is 8.03. The van der Waals surface area contributed by atoms with Crippen LogP contribution in [0.15, 0.2) is 133 Å². The Morgan fingerprint density at radius 3 is 2.07 bits per heavy atom. The minimum Gasteiger partial charge on any atom is -0.404 e. The zero-order valence-electron chi connectivity index (χ0n) is 22.9. The van der Waals surface area contributed by atoms with Gasteiger partial charge in [0.15, 0.2) is 0 Å². The number of aromatic nitrogens is 1. The summed E-state index contributed by atoms with van der Waals surface area (Å²) in [6.07, 6.45) is 13.0. The molecule has 0 saturated carbocycles. The summed E-state index contributed by atoms with van der Waals surface area (Å²) in [7, 11) is 0. The van der Waals surface area contributed by atoms with Crippen LogP contribution in [0.5, 0.6) is 0 Å². The molecular weight excluding hydrogens is 553 g/mol. The second kappa shape index (κ2) is 11.8. The highest BCUT2D eigenvalue weighted by Gasteiger charge is 2.17. The van der Waals surface area contributed by atoms with Gasteiger partial charge in [0.05, 0.1) is 11.1 Å². The fourth-order valence-electron chi connectivity index (χ4n) is 5.73. The molecule has 0 aliphatic carbocycles. The molecule has 4 N–H and O–H groups in total. The van der Waals surface area contributed by atoms with Crippen molar-refractivity contribution < 1.29 is 0 Å². The first-order valence-electron chi connectivity index (χ1n) is 14.0. The molecule has 42 heavy (non-hydrogen) atoms. The summed E-state index contributed by atoms with van der Waals surface area (Å²) in [5.41, 5.74) is 14.1. The normalized spacial score (nSPS) is 18.2. The van der Waals surface area contributed by atoms with Gasteiger partial charge >= 0.3 is 0 Å². The van der Waals surface area contributed by atoms with Crippen LogP contribution in [0.1, 0.15) is 23.1 Å². The minimum atomic E-state index is 0.181. The van der Waals surface area contributed by atoms with E-state index >= 15 is 0 Å². The molecular formula is C36H30N4S2. The first-order valence-corrected chi connectivity index (χ1v) is 15.9. The van der Waals surface area contributed by atoms with Gasteiger partial charge in [-0.05, 0) is 72.7 Å². The van der Waals surface area contributed by atoms with E-state index < -0.39 is 0 Å². The first-order chi connectivity index (χ1) is 20.8. The monoisotopic (exact) mass is 582 g/mol. The van der Waals surface area contributed by atoms with E-state index in [1.807, 2.05) is 18.6 Å². The van der Waals surface area contributed by atoms with Crippen molar-refractivity contribution >= 4 is 50.6 Å². The Hall–Kier alpha value is -4.39. The Kier molecular flexibility index (Phi) is 7.47. The Bertz CT molecular complexity index is 1870. The van der Waals surface area contributed by atoms with Crippen LogP contribution in [0.25, 0.3) is 49.4 Å². The molecule has 0 radical (unpaired) electrons. The molecule has 0 fully saturated rings. The third-order valence-corrected chi connectivity index (χ3v) is 9.66. The lowest BCUT2D eigenvalue weighted by Gasteiger charge is -2.16. The van der Waals surface area contributed by atoms with Crippen LogP contribution < -0.4 is 16.4 Å². The summed E-state index contributed by atoms with van der Waals surface area (Å²) in [5.74, 6) is 0. The smallest absolute Gasteiger partial charge is 0.119 e. The van der Waals surface area contributed by atoms with Crippen LogP contribution in [0, 0.1) is 0 Å². The number of nitrogens with zero attached hydrogens (tertiary/aromatic N) is 1. The number of thioether (sulfide) groups is 2. The molecule has 5 aromatic rings. The molecule has 2 atom stereocenters. The topological polar surface area (TPSA) is 63.0 Å². The molecule has 0 amide bonds. The standard InChI is InChI=1S/C36H30N4S2/c37-22-24(6-5-11-35-38-18-20-41-35)26-13-15-32(30-9-3-1-7-28(26)30)33-16-14-27(29-8-2-4-10-31(29)33)25-12-17-34(40-23-25)36-39-19-21-42-36/h1-10,12-23,35-36,38-39H,11,37H2/b6-5-,24-22+. The van der Waals surface area contributed by atoms with E-state index in [1.54, 1.807) is 29.7 Å². The zero-order chi connectivity index (χ0) is 28.3. The van der Waals surface area contributed by atoms with Crippen molar-refractivity contribution in [1.82, 2.24) is 15.6 Å². The highest BCUT2D eigenvalue weighted by Crippen LogP contribution is 2.40. The molecule has 2 unspecified atom stereocenters. The molecule has 2 aliphatic heterocycles. The highest BCUT2D eigenvalue weighted by atomic mass is 32.2. The predicted molar refractivity (Wildman–Crippen MR) is 182 cm³/mol. The molecule has 206 valence electrons. The molecule has 7 rings (SSSR count). The van der Waals surface area contributed by atoms with Crippen molar-refractivity contribution in [1.29, 1.82) is 0 Å². The molecule has 0 saturated heterocycles. The number of nitrogens with one attached hydrogen (secondary N) is 2. The number of allylic oxidation sites excluding steroid dienone is 2. The van der Waals surface area contributed by atoms with Gasteiger partial charge in [0, 0.05) is 30.4 Å².